The topological polar surface area (TPSA) is 80.5 Å². The zero-order chi connectivity index (χ0) is 22.0. The molecule has 1 saturated heterocycles. The maximum Gasteiger partial charge on any atom is 0.261 e. The number of carbonyl (C=O) groups is 1. The van der Waals surface area contributed by atoms with Crippen LogP contribution in [-0.2, 0) is 21.6 Å². The maximum atomic E-state index is 14.0. The first-order chi connectivity index (χ1) is 15.7. The van der Waals surface area contributed by atoms with Crippen LogP contribution in [0.3, 0.4) is 0 Å². The zero-order valence-electron chi connectivity index (χ0n) is 18.0. The average molecular weight is 429 g/mol. The van der Waals surface area contributed by atoms with E-state index in [1.54, 1.807) is 23.2 Å². The molecule has 3 heterocycles. The Balaban J connectivity index is 1.48. The highest BCUT2D eigenvalue weighted by Crippen LogP contribution is 2.49. The Labute approximate surface area is 188 Å². The number of aromatic nitrogens is 1. The second-order valence-corrected chi connectivity index (χ2v) is 8.50. The Bertz CT molecular complexity index is 1100. The predicted octanol–water partition coefficient (Wildman–Crippen LogP) is 3.59. The Hall–Kier alpha value is -3.22. The normalized spacial score (nSPS) is 18.9. The van der Waals surface area contributed by atoms with E-state index < -0.39 is 11.7 Å². The highest BCUT2D eigenvalue weighted by atomic mass is 16.5. The number of nitrogens with zero attached hydrogens (tertiary/aromatic N) is 2. The van der Waals surface area contributed by atoms with Gasteiger partial charge in [-0.25, -0.2) is 4.98 Å². The number of fused-ring (bicyclic) bond motifs is 2. The molecule has 1 atom stereocenters. The van der Waals surface area contributed by atoms with Crippen molar-refractivity contribution in [2.45, 2.75) is 31.0 Å². The molecule has 6 heteroatoms. The second kappa shape index (κ2) is 8.73. The highest BCUT2D eigenvalue weighted by Gasteiger charge is 2.48. The fourth-order valence-electron chi connectivity index (χ4n) is 4.84. The van der Waals surface area contributed by atoms with Crippen LogP contribution in [0.1, 0.15) is 35.6 Å². The highest BCUT2D eigenvalue weighted by molar-refractivity contribution is 5.97. The van der Waals surface area contributed by atoms with E-state index in [1.807, 2.05) is 36.4 Å². The van der Waals surface area contributed by atoms with Gasteiger partial charge in [-0.2, -0.15) is 0 Å². The summed E-state index contributed by atoms with van der Waals surface area (Å²) in [7, 11) is 0. The minimum atomic E-state index is -0.650. The third-order valence-electron chi connectivity index (χ3n) is 6.49. The van der Waals surface area contributed by atoms with Gasteiger partial charge in [-0.3, -0.25) is 9.69 Å². The molecular weight excluding hydrogens is 400 g/mol. The van der Waals surface area contributed by atoms with Gasteiger partial charge in [0.25, 0.3) is 5.91 Å². The van der Waals surface area contributed by atoms with E-state index in [4.69, 9.17) is 10.5 Å². The molecule has 1 spiro atoms. The van der Waals surface area contributed by atoms with Crippen LogP contribution in [0.25, 0.3) is 0 Å². The molecule has 2 aromatic carbocycles. The van der Waals surface area contributed by atoms with Crippen LogP contribution in [0.5, 0.6) is 0 Å². The molecule has 3 aromatic rings. The Kier molecular flexibility index (Phi) is 5.64. The lowest BCUT2D eigenvalue weighted by molar-refractivity contribution is -0.145. The SMILES string of the molecule is Nc1ccnc(N(CCc2ccccc2)C(=O)C2OC3(CCNCC3)c3ccccc32)c1. The molecular formula is C26H28N4O2. The number of anilines is 2. The van der Waals surface area contributed by atoms with Crippen molar-refractivity contribution >= 4 is 17.4 Å². The van der Waals surface area contributed by atoms with Crippen molar-refractivity contribution in [2.24, 2.45) is 0 Å². The van der Waals surface area contributed by atoms with Gasteiger partial charge in [0.2, 0.25) is 0 Å². The number of rotatable bonds is 5. The number of carbonyl (C=O) groups excluding carboxylic acids is 1. The minimum Gasteiger partial charge on any atom is -0.399 e. The van der Waals surface area contributed by atoms with Crippen molar-refractivity contribution in [1.82, 2.24) is 10.3 Å². The van der Waals surface area contributed by atoms with Crippen molar-refractivity contribution in [3.8, 4) is 0 Å². The van der Waals surface area contributed by atoms with Gasteiger partial charge in [-0.1, -0.05) is 54.6 Å². The van der Waals surface area contributed by atoms with Crippen molar-refractivity contribution in [3.63, 3.8) is 0 Å². The lowest BCUT2D eigenvalue weighted by Crippen LogP contribution is -2.42. The number of nitrogens with one attached hydrogen (secondary N) is 1. The molecule has 0 radical (unpaired) electrons. The largest absolute Gasteiger partial charge is 0.399 e. The summed E-state index contributed by atoms with van der Waals surface area (Å²) >= 11 is 0. The van der Waals surface area contributed by atoms with Crippen LogP contribution in [0, 0.1) is 0 Å². The van der Waals surface area contributed by atoms with E-state index in [1.165, 1.54) is 0 Å². The molecule has 1 amide bonds. The predicted molar refractivity (Wildman–Crippen MR) is 125 cm³/mol. The zero-order valence-corrected chi connectivity index (χ0v) is 18.0. The van der Waals surface area contributed by atoms with Crippen molar-refractivity contribution in [1.29, 1.82) is 0 Å². The first-order valence-electron chi connectivity index (χ1n) is 11.2. The molecule has 0 saturated carbocycles. The number of piperidine rings is 1. The lowest BCUT2D eigenvalue weighted by Gasteiger charge is -2.35. The van der Waals surface area contributed by atoms with E-state index >= 15 is 0 Å². The van der Waals surface area contributed by atoms with Gasteiger partial charge in [0.15, 0.2) is 6.10 Å². The van der Waals surface area contributed by atoms with Gasteiger partial charge in [0.05, 0.1) is 5.60 Å². The second-order valence-electron chi connectivity index (χ2n) is 8.50. The van der Waals surface area contributed by atoms with Crippen molar-refractivity contribution in [2.75, 3.05) is 30.3 Å². The van der Waals surface area contributed by atoms with Crippen LogP contribution >= 0.6 is 0 Å². The number of amides is 1. The quantitative estimate of drug-likeness (QED) is 0.649. The Morgan fingerprint density at radius 1 is 1.09 bits per heavy atom. The number of benzene rings is 2. The number of nitrogen functional groups attached to an aromatic ring is 1. The van der Waals surface area contributed by atoms with Crippen LogP contribution in [0.15, 0.2) is 72.9 Å². The van der Waals surface area contributed by atoms with Gasteiger partial charge in [-0.15, -0.1) is 0 Å². The summed E-state index contributed by atoms with van der Waals surface area (Å²) in [5.74, 6) is 0.458. The van der Waals surface area contributed by atoms with Crippen LogP contribution in [-0.4, -0.2) is 30.5 Å². The van der Waals surface area contributed by atoms with E-state index in [0.29, 0.717) is 24.5 Å². The molecule has 1 fully saturated rings. The number of pyridine rings is 1. The summed E-state index contributed by atoms with van der Waals surface area (Å²) in [6, 6.07) is 21.8. The van der Waals surface area contributed by atoms with Gasteiger partial charge in [0, 0.05) is 24.5 Å². The maximum absolute atomic E-state index is 14.0. The minimum absolute atomic E-state index is 0.0955. The number of nitrogens with two attached hydrogens (primary N) is 1. The first-order valence-corrected chi connectivity index (χ1v) is 11.2. The first kappa shape index (κ1) is 20.7. The van der Waals surface area contributed by atoms with E-state index in [9.17, 15) is 4.79 Å². The van der Waals surface area contributed by atoms with Gasteiger partial charge < -0.3 is 15.8 Å². The summed E-state index contributed by atoms with van der Waals surface area (Å²) in [4.78, 5) is 20.2. The molecule has 2 aliphatic heterocycles. The van der Waals surface area contributed by atoms with Crippen LogP contribution in [0.4, 0.5) is 11.5 Å². The third-order valence-corrected chi connectivity index (χ3v) is 6.49. The Morgan fingerprint density at radius 3 is 2.62 bits per heavy atom. The average Bonchev–Trinajstić information content (AvgIpc) is 3.14. The van der Waals surface area contributed by atoms with Crippen molar-refractivity contribution in [3.05, 3.63) is 89.6 Å². The van der Waals surface area contributed by atoms with E-state index in [-0.39, 0.29) is 5.91 Å². The smallest absolute Gasteiger partial charge is 0.261 e. The van der Waals surface area contributed by atoms with Gasteiger partial charge >= 0.3 is 0 Å². The summed E-state index contributed by atoms with van der Waals surface area (Å²) in [5, 5.41) is 3.40. The standard InChI is InChI=1S/C26H28N4O2/c27-20-10-14-29-23(18-20)30(17-11-19-6-2-1-3-7-19)25(31)24-21-8-4-5-9-22(21)26(32-24)12-15-28-16-13-26/h1-10,14,18,24,28H,11-13,15-17H2,(H2,27,29). The van der Waals surface area contributed by atoms with Crippen molar-refractivity contribution < 1.29 is 9.53 Å². The number of hydrogen-bond donors (Lipinski definition) is 2. The third kappa shape index (κ3) is 3.87. The molecule has 0 bridgehead atoms. The van der Waals surface area contributed by atoms with Crippen LogP contribution in [0.2, 0.25) is 0 Å². The molecule has 0 aliphatic carbocycles. The fraction of sp³-hybridized carbons (Fsp3) is 0.308. The molecule has 1 unspecified atom stereocenters. The summed E-state index contributed by atoms with van der Waals surface area (Å²) in [6.45, 7) is 2.25. The molecule has 5 rings (SSSR count). The van der Waals surface area contributed by atoms with Crippen LogP contribution < -0.4 is 16.0 Å². The summed E-state index contributed by atoms with van der Waals surface area (Å²) < 4.78 is 6.62. The number of hydrogen-bond acceptors (Lipinski definition) is 5. The van der Waals surface area contributed by atoms with E-state index in [0.717, 1.165) is 42.6 Å². The summed E-state index contributed by atoms with van der Waals surface area (Å²) in [6.07, 6.45) is 3.42. The summed E-state index contributed by atoms with van der Waals surface area (Å²) in [5.41, 5.74) is 9.47. The molecule has 6 nitrogen and oxygen atoms in total. The van der Waals surface area contributed by atoms with Gasteiger partial charge in [0.1, 0.15) is 5.82 Å². The molecule has 32 heavy (non-hydrogen) atoms. The monoisotopic (exact) mass is 428 g/mol. The molecule has 1 aromatic heterocycles. The molecule has 2 aliphatic rings. The lowest BCUT2D eigenvalue weighted by atomic mass is 9.84. The molecule has 164 valence electrons. The fourth-order valence-corrected chi connectivity index (χ4v) is 4.84. The van der Waals surface area contributed by atoms with E-state index in [2.05, 4.69) is 28.5 Å². The number of ether oxygens (including phenoxy) is 1. The van der Waals surface area contributed by atoms with Gasteiger partial charge in [-0.05, 0) is 55.1 Å². The Morgan fingerprint density at radius 2 is 1.84 bits per heavy atom. The molecule has 3 N–H and O–H groups in total.